The highest BCUT2D eigenvalue weighted by molar-refractivity contribution is 5.56. The zero-order chi connectivity index (χ0) is 12.8. The molecule has 1 fully saturated rings. The molecule has 1 aliphatic heterocycles. The van der Waals surface area contributed by atoms with Crippen molar-refractivity contribution in [3.05, 3.63) is 29.3 Å². The summed E-state index contributed by atoms with van der Waals surface area (Å²) in [7, 11) is 0. The van der Waals surface area contributed by atoms with Crippen molar-refractivity contribution in [1.29, 1.82) is 10.5 Å². The third kappa shape index (κ3) is 2.98. The van der Waals surface area contributed by atoms with Gasteiger partial charge >= 0.3 is 0 Å². The standard InChI is InChI=1S/C13H13N3O2/c14-6-10-1-2-12(5-11(10)7-15)16-8-13-3-4-17-9-18-13/h1-2,5,13,16H,3-4,8-9H2. The lowest BCUT2D eigenvalue weighted by atomic mass is 10.1. The number of rotatable bonds is 3. The fourth-order valence-corrected chi connectivity index (χ4v) is 1.74. The van der Waals surface area contributed by atoms with Gasteiger partial charge < -0.3 is 14.8 Å². The van der Waals surface area contributed by atoms with Crippen LogP contribution in [0.5, 0.6) is 0 Å². The van der Waals surface area contributed by atoms with Gasteiger partial charge in [0.1, 0.15) is 18.9 Å². The number of anilines is 1. The molecule has 0 radical (unpaired) electrons. The van der Waals surface area contributed by atoms with Crippen LogP contribution < -0.4 is 5.32 Å². The monoisotopic (exact) mass is 243 g/mol. The summed E-state index contributed by atoms with van der Waals surface area (Å²) < 4.78 is 10.5. The summed E-state index contributed by atoms with van der Waals surface area (Å²) >= 11 is 0. The molecular weight excluding hydrogens is 230 g/mol. The Bertz CT molecular complexity index is 496. The van der Waals surface area contributed by atoms with Gasteiger partial charge in [0.15, 0.2) is 0 Å². The highest BCUT2D eigenvalue weighted by Gasteiger charge is 2.13. The quantitative estimate of drug-likeness (QED) is 0.872. The van der Waals surface area contributed by atoms with Crippen molar-refractivity contribution in [2.75, 3.05) is 25.3 Å². The van der Waals surface area contributed by atoms with Crippen molar-refractivity contribution in [1.82, 2.24) is 0 Å². The number of nitriles is 2. The molecule has 18 heavy (non-hydrogen) atoms. The molecule has 0 aliphatic carbocycles. The van der Waals surface area contributed by atoms with Gasteiger partial charge in [0.05, 0.1) is 23.8 Å². The lowest BCUT2D eigenvalue weighted by Gasteiger charge is -2.23. The van der Waals surface area contributed by atoms with Gasteiger partial charge in [-0.15, -0.1) is 0 Å². The Morgan fingerprint density at radius 2 is 2.11 bits per heavy atom. The molecule has 1 N–H and O–H groups in total. The average Bonchev–Trinajstić information content (AvgIpc) is 2.45. The zero-order valence-electron chi connectivity index (χ0n) is 9.85. The van der Waals surface area contributed by atoms with Crippen LogP contribution in [0.3, 0.4) is 0 Å². The molecule has 1 saturated heterocycles. The number of benzene rings is 1. The molecule has 0 aromatic heterocycles. The molecule has 0 amide bonds. The molecule has 92 valence electrons. The predicted octanol–water partition coefficient (Wildman–Crippen LogP) is 1.60. The van der Waals surface area contributed by atoms with E-state index in [2.05, 4.69) is 5.32 Å². The van der Waals surface area contributed by atoms with Gasteiger partial charge in [-0.2, -0.15) is 10.5 Å². The lowest BCUT2D eigenvalue weighted by molar-refractivity contribution is -0.133. The largest absolute Gasteiger partial charge is 0.382 e. The predicted molar refractivity (Wildman–Crippen MR) is 64.7 cm³/mol. The maximum Gasteiger partial charge on any atom is 0.147 e. The van der Waals surface area contributed by atoms with E-state index in [0.29, 0.717) is 31.1 Å². The Balaban J connectivity index is 1.97. The summed E-state index contributed by atoms with van der Waals surface area (Å²) in [6.07, 6.45) is 0.980. The molecule has 0 spiro atoms. The minimum absolute atomic E-state index is 0.125. The van der Waals surface area contributed by atoms with Crippen LogP contribution in [0.4, 0.5) is 5.69 Å². The van der Waals surface area contributed by atoms with Crippen molar-refractivity contribution in [2.45, 2.75) is 12.5 Å². The Morgan fingerprint density at radius 1 is 1.28 bits per heavy atom. The topological polar surface area (TPSA) is 78.1 Å². The number of ether oxygens (including phenoxy) is 2. The van der Waals surface area contributed by atoms with Gasteiger partial charge in [-0.25, -0.2) is 0 Å². The van der Waals surface area contributed by atoms with Gasteiger partial charge in [0.2, 0.25) is 0 Å². The van der Waals surface area contributed by atoms with Gasteiger partial charge in [-0.05, 0) is 24.6 Å². The third-order valence-electron chi connectivity index (χ3n) is 2.77. The van der Waals surface area contributed by atoms with Crippen LogP contribution in [0.15, 0.2) is 18.2 Å². The Kier molecular flexibility index (Phi) is 4.14. The van der Waals surface area contributed by atoms with Crippen molar-refractivity contribution in [3.8, 4) is 12.1 Å². The smallest absolute Gasteiger partial charge is 0.147 e. The minimum atomic E-state index is 0.125. The van der Waals surface area contributed by atoms with Crippen molar-refractivity contribution in [2.24, 2.45) is 0 Å². The maximum atomic E-state index is 8.92. The zero-order valence-corrected chi connectivity index (χ0v) is 9.85. The average molecular weight is 243 g/mol. The van der Waals surface area contributed by atoms with Crippen LogP contribution in [0.25, 0.3) is 0 Å². The summed E-state index contributed by atoms with van der Waals surface area (Å²) in [5.74, 6) is 0. The molecule has 1 aromatic carbocycles. The van der Waals surface area contributed by atoms with Gasteiger partial charge in [0.25, 0.3) is 0 Å². The van der Waals surface area contributed by atoms with Crippen LogP contribution in [0, 0.1) is 22.7 Å². The van der Waals surface area contributed by atoms with Crippen LogP contribution in [0.2, 0.25) is 0 Å². The van der Waals surface area contributed by atoms with E-state index >= 15 is 0 Å². The number of hydrogen-bond donors (Lipinski definition) is 1. The maximum absolute atomic E-state index is 8.92. The molecule has 1 aromatic rings. The molecule has 1 atom stereocenters. The lowest BCUT2D eigenvalue weighted by Crippen LogP contribution is -2.30. The van der Waals surface area contributed by atoms with E-state index in [1.165, 1.54) is 0 Å². The van der Waals surface area contributed by atoms with Gasteiger partial charge in [-0.3, -0.25) is 0 Å². The van der Waals surface area contributed by atoms with E-state index < -0.39 is 0 Å². The van der Waals surface area contributed by atoms with Crippen LogP contribution in [0.1, 0.15) is 17.5 Å². The van der Waals surface area contributed by atoms with Crippen molar-refractivity contribution >= 4 is 5.69 Å². The normalized spacial score (nSPS) is 18.7. The summed E-state index contributed by atoms with van der Waals surface area (Å²) in [5.41, 5.74) is 1.60. The van der Waals surface area contributed by atoms with Crippen LogP contribution >= 0.6 is 0 Å². The van der Waals surface area contributed by atoms with E-state index in [1.807, 2.05) is 12.1 Å². The Morgan fingerprint density at radius 3 is 2.78 bits per heavy atom. The second-order valence-corrected chi connectivity index (χ2v) is 3.97. The highest BCUT2D eigenvalue weighted by atomic mass is 16.7. The fourth-order valence-electron chi connectivity index (χ4n) is 1.74. The summed E-state index contributed by atoms with van der Waals surface area (Å²) in [5, 5.41) is 20.9. The summed E-state index contributed by atoms with van der Waals surface area (Å²) in [6, 6.07) is 9.11. The van der Waals surface area contributed by atoms with Gasteiger partial charge in [0, 0.05) is 12.2 Å². The molecule has 0 bridgehead atoms. The van der Waals surface area contributed by atoms with E-state index in [0.717, 1.165) is 12.1 Å². The van der Waals surface area contributed by atoms with E-state index in [4.69, 9.17) is 20.0 Å². The third-order valence-corrected chi connectivity index (χ3v) is 2.77. The van der Waals surface area contributed by atoms with Gasteiger partial charge in [-0.1, -0.05) is 0 Å². The van der Waals surface area contributed by atoms with E-state index in [9.17, 15) is 0 Å². The Labute approximate surface area is 106 Å². The van der Waals surface area contributed by atoms with Crippen LogP contribution in [-0.4, -0.2) is 26.0 Å². The minimum Gasteiger partial charge on any atom is -0.382 e. The number of nitrogens with zero attached hydrogens (tertiary/aromatic N) is 2. The summed E-state index contributed by atoms with van der Waals surface area (Å²) in [6.45, 7) is 1.71. The first-order valence-corrected chi connectivity index (χ1v) is 5.71. The number of hydrogen-bond acceptors (Lipinski definition) is 5. The second-order valence-electron chi connectivity index (χ2n) is 3.97. The first kappa shape index (κ1) is 12.4. The first-order valence-electron chi connectivity index (χ1n) is 5.71. The molecule has 5 heteroatoms. The highest BCUT2D eigenvalue weighted by Crippen LogP contribution is 2.15. The Hall–Kier alpha value is -2.08. The molecule has 0 saturated carbocycles. The molecule has 5 nitrogen and oxygen atoms in total. The molecule has 2 rings (SSSR count). The molecule has 1 unspecified atom stereocenters. The molecule has 1 aliphatic rings. The molecule has 1 heterocycles. The van der Waals surface area contributed by atoms with Crippen molar-refractivity contribution < 1.29 is 9.47 Å². The fraction of sp³-hybridized carbons (Fsp3) is 0.385. The first-order chi connectivity index (χ1) is 8.83. The van der Waals surface area contributed by atoms with Crippen molar-refractivity contribution in [3.63, 3.8) is 0 Å². The second kappa shape index (κ2) is 6.02. The van der Waals surface area contributed by atoms with E-state index in [-0.39, 0.29) is 6.10 Å². The van der Waals surface area contributed by atoms with Crippen LogP contribution in [-0.2, 0) is 9.47 Å². The number of nitrogens with one attached hydrogen (secondary N) is 1. The molecular formula is C13H13N3O2. The summed E-state index contributed by atoms with van der Waals surface area (Å²) in [4.78, 5) is 0. The SMILES string of the molecule is N#Cc1ccc(NCC2CCOCO2)cc1C#N. The van der Waals surface area contributed by atoms with E-state index in [1.54, 1.807) is 18.2 Å².